The minimum Gasteiger partial charge on any atom is -0.516 e. The molecule has 0 saturated carbocycles. The Labute approximate surface area is 37.5 Å². The van der Waals surface area contributed by atoms with Gasteiger partial charge in [-0.15, -0.1) is 0 Å². The summed E-state index contributed by atoms with van der Waals surface area (Å²) in [5.74, 6) is 0. The molecule has 0 heterocycles. The van der Waals surface area contributed by atoms with E-state index < -0.39 is 6.00 Å². The topological polar surface area (TPSA) is 40.5 Å². The Kier molecular flexibility index (Phi) is 2.58. The lowest BCUT2D eigenvalue weighted by Gasteiger charge is -1.86. The van der Waals surface area contributed by atoms with E-state index in [1.165, 1.54) is 0 Å². The van der Waals surface area contributed by atoms with E-state index in [2.05, 4.69) is 0 Å². The minimum atomic E-state index is -1.03. The smallest absolute Gasteiger partial charge is 0.114 e. The van der Waals surface area contributed by atoms with Crippen molar-refractivity contribution in [2.75, 3.05) is 0 Å². The summed E-state index contributed by atoms with van der Waals surface area (Å²) in [6, 6.07) is -1.03. The standard InChI is InChI=1S/C3H5BO2/c4-3(6)1-2-5/h1-3,5-6H. The van der Waals surface area contributed by atoms with Crippen LogP contribution >= 0.6 is 0 Å². The Bertz CT molecular complexity index is 50.8. The van der Waals surface area contributed by atoms with E-state index in [4.69, 9.17) is 18.1 Å². The third-order valence-corrected chi connectivity index (χ3v) is 0.283. The molecule has 0 aliphatic rings. The van der Waals surface area contributed by atoms with Gasteiger partial charge >= 0.3 is 0 Å². The van der Waals surface area contributed by atoms with Gasteiger partial charge in [0, 0.05) is 6.00 Å². The molecule has 3 heteroatoms. The first-order valence-corrected chi connectivity index (χ1v) is 1.52. The molecule has 0 aliphatic carbocycles. The Morgan fingerprint density at radius 3 is 2.17 bits per heavy atom. The summed E-state index contributed by atoms with van der Waals surface area (Å²) in [7, 11) is 4.71. The molecule has 0 aromatic heterocycles. The monoisotopic (exact) mass is 84.0 g/mol. The highest BCUT2D eigenvalue weighted by atomic mass is 16.3. The SMILES string of the molecule is [B]C(O)C=CO. The first-order valence-electron chi connectivity index (χ1n) is 1.52. The van der Waals surface area contributed by atoms with Crippen molar-refractivity contribution >= 4 is 7.85 Å². The van der Waals surface area contributed by atoms with E-state index in [1.807, 2.05) is 0 Å². The molecule has 0 saturated heterocycles. The van der Waals surface area contributed by atoms with Crippen LogP contribution in [0.25, 0.3) is 0 Å². The number of hydrogen-bond donors (Lipinski definition) is 2. The molecular weight excluding hydrogens is 78.8 g/mol. The van der Waals surface area contributed by atoms with Gasteiger partial charge in [-0.3, -0.25) is 0 Å². The van der Waals surface area contributed by atoms with Gasteiger partial charge < -0.3 is 10.2 Å². The first-order chi connectivity index (χ1) is 2.77. The lowest BCUT2D eigenvalue weighted by molar-refractivity contribution is 0.298. The van der Waals surface area contributed by atoms with E-state index in [1.54, 1.807) is 0 Å². The predicted molar refractivity (Wildman–Crippen MR) is 23.5 cm³/mol. The third kappa shape index (κ3) is 3.56. The van der Waals surface area contributed by atoms with Gasteiger partial charge in [0.2, 0.25) is 0 Å². The van der Waals surface area contributed by atoms with E-state index in [0.29, 0.717) is 6.26 Å². The average Bonchev–Trinajstić information content (AvgIpc) is 1.35. The molecule has 0 aromatic carbocycles. The van der Waals surface area contributed by atoms with Gasteiger partial charge in [0.05, 0.1) is 6.26 Å². The zero-order chi connectivity index (χ0) is 4.99. The molecule has 0 rings (SSSR count). The fourth-order valence-electron chi connectivity index (χ4n) is 0.0882. The van der Waals surface area contributed by atoms with Crippen LogP contribution in [0.5, 0.6) is 0 Å². The van der Waals surface area contributed by atoms with E-state index in [0.717, 1.165) is 6.08 Å². The van der Waals surface area contributed by atoms with Crippen LogP contribution in [0.2, 0.25) is 0 Å². The largest absolute Gasteiger partial charge is 0.516 e. The van der Waals surface area contributed by atoms with Crippen LogP contribution in [-0.2, 0) is 0 Å². The quantitative estimate of drug-likeness (QED) is 0.333. The number of hydrogen-bond acceptors (Lipinski definition) is 2. The highest BCUT2D eigenvalue weighted by Gasteiger charge is 1.79. The highest BCUT2D eigenvalue weighted by molar-refractivity contribution is 6.11. The van der Waals surface area contributed by atoms with Crippen molar-refractivity contribution in [1.82, 2.24) is 0 Å². The summed E-state index contributed by atoms with van der Waals surface area (Å²) in [4.78, 5) is 0. The summed E-state index contributed by atoms with van der Waals surface area (Å²) in [6.07, 6.45) is 1.75. The summed E-state index contributed by atoms with van der Waals surface area (Å²) in [5.41, 5.74) is 0. The third-order valence-electron chi connectivity index (χ3n) is 0.283. The second kappa shape index (κ2) is 2.78. The molecular formula is C3H5BO2. The summed E-state index contributed by atoms with van der Waals surface area (Å²) in [6.45, 7) is 0. The first kappa shape index (κ1) is 5.56. The summed E-state index contributed by atoms with van der Waals surface area (Å²) >= 11 is 0. The van der Waals surface area contributed by atoms with Crippen molar-refractivity contribution in [3.05, 3.63) is 12.3 Å². The summed E-state index contributed by atoms with van der Waals surface area (Å²) < 4.78 is 0. The molecule has 0 bridgehead atoms. The van der Waals surface area contributed by atoms with Crippen LogP contribution in [0.1, 0.15) is 0 Å². The Morgan fingerprint density at radius 1 is 1.67 bits per heavy atom. The molecule has 2 radical (unpaired) electrons. The number of aliphatic hydroxyl groups is 2. The van der Waals surface area contributed by atoms with Gasteiger partial charge in [0.1, 0.15) is 7.85 Å². The minimum absolute atomic E-state index is 0.699. The molecule has 1 unspecified atom stereocenters. The molecule has 1 atom stereocenters. The van der Waals surface area contributed by atoms with Gasteiger partial charge in [-0.2, -0.15) is 0 Å². The van der Waals surface area contributed by atoms with Gasteiger partial charge in [0.15, 0.2) is 0 Å². The Hall–Kier alpha value is -0.435. The fraction of sp³-hybridized carbons (Fsp3) is 0.333. The molecule has 2 N–H and O–H groups in total. The van der Waals surface area contributed by atoms with Crippen molar-refractivity contribution < 1.29 is 10.2 Å². The van der Waals surface area contributed by atoms with Gasteiger partial charge in [-0.25, -0.2) is 0 Å². The van der Waals surface area contributed by atoms with Crippen LogP contribution in [0, 0.1) is 0 Å². The lowest BCUT2D eigenvalue weighted by Crippen LogP contribution is -1.98. The fourth-order valence-corrected chi connectivity index (χ4v) is 0.0882. The van der Waals surface area contributed by atoms with E-state index in [-0.39, 0.29) is 0 Å². The molecule has 32 valence electrons. The van der Waals surface area contributed by atoms with Gasteiger partial charge in [-0.1, -0.05) is 0 Å². The van der Waals surface area contributed by atoms with Crippen molar-refractivity contribution in [3.63, 3.8) is 0 Å². The maximum absolute atomic E-state index is 8.08. The number of rotatable bonds is 1. The van der Waals surface area contributed by atoms with Gasteiger partial charge in [-0.05, 0) is 6.08 Å². The Balaban J connectivity index is 3.03. The van der Waals surface area contributed by atoms with Crippen LogP contribution in [0.3, 0.4) is 0 Å². The van der Waals surface area contributed by atoms with E-state index in [9.17, 15) is 0 Å². The van der Waals surface area contributed by atoms with Crippen molar-refractivity contribution in [3.8, 4) is 0 Å². The lowest BCUT2D eigenvalue weighted by atomic mass is 10.0. The summed E-state index contributed by atoms with van der Waals surface area (Å²) in [5, 5.41) is 15.9. The molecule has 0 amide bonds. The zero-order valence-corrected chi connectivity index (χ0v) is 3.20. The Morgan fingerprint density at radius 2 is 2.17 bits per heavy atom. The van der Waals surface area contributed by atoms with Crippen molar-refractivity contribution in [2.45, 2.75) is 6.00 Å². The second-order valence-electron chi connectivity index (χ2n) is 0.832. The second-order valence-corrected chi connectivity index (χ2v) is 0.832. The number of aliphatic hydroxyl groups excluding tert-OH is 2. The van der Waals surface area contributed by atoms with Crippen LogP contribution in [-0.4, -0.2) is 24.1 Å². The molecule has 0 fully saturated rings. The van der Waals surface area contributed by atoms with Crippen LogP contribution < -0.4 is 0 Å². The average molecular weight is 83.9 g/mol. The normalized spacial score (nSPS) is 15.5. The molecule has 6 heavy (non-hydrogen) atoms. The maximum Gasteiger partial charge on any atom is 0.114 e. The molecule has 2 nitrogen and oxygen atoms in total. The van der Waals surface area contributed by atoms with Crippen LogP contribution in [0.4, 0.5) is 0 Å². The predicted octanol–water partition coefficient (Wildman–Crippen LogP) is -0.455. The van der Waals surface area contributed by atoms with Crippen LogP contribution in [0.15, 0.2) is 12.3 Å². The molecule has 0 aromatic rings. The van der Waals surface area contributed by atoms with Crippen molar-refractivity contribution in [2.24, 2.45) is 0 Å². The zero-order valence-electron chi connectivity index (χ0n) is 3.20. The highest BCUT2D eigenvalue weighted by Crippen LogP contribution is 1.71. The maximum atomic E-state index is 8.08. The van der Waals surface area contributed by atoms with Gasteiger partial charge in [0.25, 0.3) is 0 Å². The molecule has 0 aliphatic heterocycles. The van der Waals surface area contributed by atoms with Crippen molar-refractivity contribution in [1.29, 1.82) is 0 Å². The molecule has 0 spiro atoms. The van der Waals surface area contributed by atoms with E-state index >= 15 is 0 Å².